The van der Waals surface area contributed by atoms with Crippen LogP contribution in [0.2, 0.25) is 0 Å². The van der Waals surface area contributed by atoms with Crippen molar-refractivity contribution in [1.82, 2.24) is 10.6 Å². The van der Waals surface area contributed by atoms with Crippen molar-refractivity contribution in [2.24, 2.45) is 0 Å². The number of benzene rings is 1. The number of carbonyl (C=O) groups is 2. The molecule has 1 atom stereocenters. The van der Waals surface area contributed by atoms with Crippen molar-refractivity contribution in [2.75, 3.05) is 13.2 Å². The quantitative estimate of drug-likeness (QED) is 0.803. The molecule has 1 heterocycles. The summed E-state index contributed by atoms with van der Waals surface area (Å²) in [6.45, 7) is 3.48. The second kappa shape index (κ2) is 7.05. The van der Waals surface area contributed by atoms with Crippen molar-refractivity contribution >= 4 is 11.8 Å². The standard InChI is InChI=1S/C15H20N2O3/c1-11-4-2-5-12(8-11)9-16-14(18)15(19)17-10-13-6-3-7-20-13/h2,4-5,8,13H,3,6-7,9-10H2,1H3,(H,16,18)(H,17,19). The van der Waals surface area contributed by atoms with Gasteiger partial charge in [0.1, 0.15) is 0 Å². The highest BCUT2D eigenvalue weighted by Gasteiger charge is 2.18. The van der Waals surface area contributed by atoms with Crippen LogP contribution in [0.3, 0.4) is 0 Å². The molecule has 0 saturated carbocycles. The number of carbonyl (C=O) groups excluding carboxylic acids is 2. The molecule has 5 heteroatoms. The van der Waals surface area contributed by atoms with Gasteiger partial charge in [0.2, 0.25) is 0 Å². The first-order valence-electron chi connectivity index (χ1n) is 6.88. The van der Waals surface area contributed by atoms with Crippen molar-refractivity contribution in [3.8, 4) is 0 Å². The minimum absolute atomic E-state index is 0.0449. The molecule has 0 radical (unpaired) electrons. The molecule has 5 nitrogen and oxygen atoms in total. The van der Waals surface area contributed by atoms with Gasteiger partial charge in [0.05, 0.1) is 6.10 Å². The lowest BCUT2D eigenvalue weighted by Gasteiger charge is -2.10. The SMILES string of the molecule is Cc1cccc(CNC(=O)C(=O)NCC2CCCO2)c1. The normalized spacial score (nSPS) is 17.8. The van der Waals surface area contributed by atoms with Gasteiger partial charge < -0.3 is 15.4 Å². The zero-order valence-corrected chi connectivity index (χ0v) is 11.6. The highest BCUT2D eigenvalue weighted by Crippen LogP contribution is 2.10. The summed E-state index contributed by atoms with van der Waals surface area (Å²) in [5.74, 6) is -1.21. The largest absolute Gasteiger partial charge is 0.376 e. The first-order valence-corrected chi connectivity index (χ1v) is 6.88. The van der Waals surface area contributed by atoms with Gasteiger partial charge in [-0.05, 0) is 25.3 Å². The van der Waals surface area contributed by atoms with Crippen molar-refractivity contribution in [3.05, 3.63) is 35.4 Å². The van der Waals surface area contributed by atoms with Crippen LogP contribution in [0.25, 0.3) is 0 Å². The second-order valence-electron chi connectivity index (χ2n) is 5.02. The van der Waals surface area contributed by atoms with E-state index in [0.717, 1.165) is 30.6 Å². The summed E-state index contributed by atoms with van der Waals surface area (Å²) in [5.41, 5.74) is 2.10. The van der Waals surface area contributed by atoms with Crippen LogP contribution >= 0.6 is 0 Å². The van der Waals surface area contributed by atoms with Crippen LogP contribution in [0.1, 0.15) is 24.0 Å². The van der Waals surface area contributed by atoms with Crippen molar-refractivity contribution in [1.29, 1.82) is 0 Å². The Hall–Kier alpha value is -1.88. The Labute approximate surface area is 118 Å². The lowest BCUT2D eigenvalue weighted by Crippen LogP contribution is -2.42. The molecule has 0 bridgehead atoms. The smallest absolute Gasteiger partial charge is 0.309 e. The minimum atomic E-state index is -0.607. The Bertz CT molecular complexity index is 482. The number of rotatable bonds is 4. The highest BCUT2D eigenvalue weighted by atomic mass is 16.5. The van der Waals surface area contributed by atoms with E-state index in [9.17, 15) is 9.59 Å². The van der Waals surface area contributed by atoms with Gasteiger partial charge >= 0.3 is 11.8 Å². The third-order valence-corrected chi connectivity index (χ3v) is 3.26. The minimum Gasteiger partial charge on any atom is -0.376 e. The Kier molecular flexibility index (Phi) is 5.12. The van der Waals surface area contributed by atoms with Gasteiger partial charge in [-0.2, -0.15) is 0 Å². The summed E-state index contributed by atoms with van der Waals surface area (Å²) in [6, 6.07) is 7.80. The monoisotopic (exact) mass is 276 g/mol. The Morgan fingerprint density at radius 1 is 1.30 bits per heavy atom. The zero-order chi connectivity index (χ0) is 14.4. The first kappa shape index (κ1) is 14.5. The van der Waals surface area contributed by atoms with Crippen LogP contribution in [0.15, 0.2) is 24.3 Å². The Morgan fingerprint density at radius 2 is 2.10 bits per heavy atom. The molecule has 108 valence electrons. The number of ether oxygens (including phenoxy) is 1. The molecule has 1 aliphatic rings. The lowest BCUT2D eigenvalue weighted by atomic mass is 10.1. The summed E-state index contributed by atoms with van der Waals surface area (Å²) in [5, 5.41) is 5.21. The summed E-state index contributed by atoms with van der Waals surface area (Å²) in [7, 11) is 0. The molecule has 0 aliphatic carbocycles. The molecule has 0 spiro atoms. The molecule has 2 N–H and O–H groups in total. The van der Waals surface area contributed by atoms with Crippen molar-refractivity contribution in [2.45, 2.75) is 32.4 Å². The van der Waals surface area contributed by atoms with Gasteiger partial charge in [-0.15, -0.1) is 0 Å². The van der Waals surface area contributed by atoms with Crippen LogP contribution < -0.4 is 10.6 Å². The predicted octanol–water partition coefficient (Wildman–Crippen LogP) is 0.906. The number of amides is 2. The molecular formula is C15H20N2O3. The average Bonchev–Trinajstić information content (AvgIpc) is 2.95. The van der Waals surface area contributed by atoms with Gasteiger partial charge in [0.15, 0.2) is 0 Å². The van der Waals surface area contributed by atoms with Crippen LogP contribution in [-0.2, 0) is 20.9 Å². The molecule has 1 fully saturated rings. The topological polar surface area (TPSA) is 67.4 Å². The fourth-order valence-electron chi connectivity index (χ4n) is 2.18. The van der Waals surface area contributed by atoms with Gasteiger partial charge in [-0.3, -0.25) is 9.59 Å². The fraction of sp³-hybridized carbons (Fsp3) is 0.467. The Balaban J connectivity index is 1.72. The maximum absolute atomic E-state index is 11.6. The van der Waals surface area contributed by atoms with Crippen LogP contribution in [-0.4, -0.2) is 31.1 Å². The van der Waals surface area contributed by atoms with E-state index in [0.29, 0.717) is 13.1 Å². The summed E-state index contributed by atoms with van der Waals surface area (Å²) in [6.07, 6.45) is 1.99. The molecule has 1 saturated heterocycles. The van der Waals surface area contributed by atoms with Crippen LogP contribution in [0, 0.1) is 6.92 Å². The fourth-order valence-corrected chi connectivity index (χ4v) is 2.18. The van der Waals surface area contributed by atoms with E-state index in [2.05, 4.69) is 10.6 Å². The van der Waals surface area contributed by atoms with Crippen molar-refractivity contribution in [3.63, 3.8) is 0 Å². The molecule has 1 aromatic carbocycles. The van der Waals surface area contributed by atoms with Crippen LogP contribution in [0.4, 0.5) is 0 Å². The molecule has 1 unspecified atom stereocenters. The number of hydrogen-bond donors (Lipinski definition) is 2. The Morgan fingerprint density at radius 3 is 2.80 bits per heavy atom. The highest BCUT2D eigenvalue weighted by molar-refractivity contribution is 6.35. The molecule has 1 aromatic rings. The van der Waals surface area contributed by atoms with Gasteiger partial charge in [-0.1, -0.05) is 29.8 Å². The lowest BCUT2D eigenvalue weighted by molar-refractivity contribution is -0.139. The van der Waals surface area contributed by atoms with Gasteiger partial charge in [0, 0.05) is 19.7 Å². The first-order chi connectivity index (χ1) is 9.65. The summed E-state index contributed by atoms with van der Waals surface area (Å²) >= 11 is 0. The summed E-state index contributed by atoms with van der Waals surface area (Å²) in [4.78, 5) is 23.3. The van der Waals surface area contributed by atoms with Crippen molar-refractivity contribution < 1.29 is 14.3 Å². The van der Waals surface area contributed by atoms with E-state index >= 15 is 0 Å². The van der Waals surface area contributed by atoms with Gasteiger partial charge in [0.25, 0.3) is 0 Å². The predicted molar refractivity (Wildman–Crippen MR) is 75.0 cm³/mol. The second-order valence-corrected chi connectivity index (χ2v) is 5.02. The van der Waals surface area contributed by atoms with E-state index in [1.54, 1.807) is 0 Å². The van der Waals surface area contributed by atoms with E-state index in [1.165, 1.54) is 0 Å². The maximum atomic E-state index is 11.6. The maximum Gasteiger partial charge on any atom is 0.309 e. The number of hydrogen-bond acceptors (Lipinski definition) is 3. The molecule has 20 heavy (non-hydrogen) atoms. The van der Waals surface area contributed by atoms with Crippen LogP contribution in [0.5, 0.6) is 0 Å². The molecular weight excluding hydrogens is 256 g/mol. The molecule has 0 aromatic heterocycles. The number of nitrogens with one attached hydrogen (secondary N) is 2. The number of aryl methyl sites for hydroxylation is 1. The third-order valence-electron chi connectivity index (χ3n) is 3.26. The molecule has 1 aliphatic heterocycles. The summed E-state index contributed by atoms with van der Waals surface area (Å²) < 4.78 is 5.38. The average molecular weight is 276 g/mol. The van der Waals surface area contributed by atoms with E-state index in [1.807, 2.05) is 31.2 Å². The van der Waals surface area contributed by atoms with E-state index < -0.39 is 11.8 Å². The molecule has 2 amide bonds. The van der Waals surface area contributed by atoms with Gasteiger partial charge in [-0.25, -0.2) is 0 Å². The van der Waals surface area contributed by atoms with E-state index in [4.69, 9.17) is 4.74 Å². The van der Waals surface area contributed by atoms with E-state index in [-0.39, 0.29) is 6.10 Å². The zero-order valence-electron chi connectivity index (χ0n) is 11.6. The molecule has 2 rings (SSSR count). The third kappa shape index (κ3) is 4.35.